The number of morpholine rings is 1. The first kappa shape index (κ1) is 18.3. The van der Waals surface area contributed by atoms with Crippen LogP contribution in [0, 0.1) is 6.92 Å². The minimum Gasteiger partial charge on any atom is -0.378 e. The van der Waals surface area contributed by atoms with Gasteiger partial charge in [-0.15, -0.1) is 10.2 Å². The molecular weight excluding hydrogens is 362 g/mol. The van der Waals surface area contributed by atoms with Crippen LogP contribution in [-0.4, -0.2) is 52.2 Å². The molecule has 0 spiro atoms. The third-order valence-electron chi connectivity index (χ3n) is 4.91. The molecule has 1 aromatic heterocycles. The fraction of sp³-hybridized carbons (Fsp3) is 0.526. The standard InChI is InChI=1S/C19H25N5O2S/c1-13(27-19-22-21-14(2)24(19)17-7-8-17)18(25)20-15-3-5-16(6-4-15)23-9-11-26-12-10-23/h3-6,13,17H,7-12H2,1-2H3,(H,20,25)/t13-/m0/s1. The summed E-state index contributed by atoms with van der Waals surface area (Å²) in [6.07, 6.45) is 2.34. The van der Waals surface area contributed by atoms with Crippen molar-refractivity contribution in [1.82, 2.24) is 14.8 Å². The van der Waals surface area contributed by atoms with E-state index in [2.05, 4.69) is 25.0 Å². The van der Waals surface area contributed by atoms with E-state index in [1.54, 1.807) is 0 Å². The van der Waals surface area contributed by atoms with Gasteiger partial charge < -0.3 is 19.5 Å². The molecule has 2 aliphatic rings. The van der Waals surface area contributed by atoms with Crippen LogP contribution in [0.2, 0.25) is 0 Å². The van der Waals surface area contributed by atoms with Crippen molar-refractivity contribution in [2.24, 2.45) is 0 Å². The quantitative estimate of drug-likeness (QED) is 0.769. The van der Waals surface area contributed by atoms with Crippen molar-refractivity contribution < 1.29 is 9.53 Å². The highest BCUT2D eigenvalue weighted by Crippen LogP contribution is 2.39. The Morgan fingerprint density at radius 1 is 1.22 bits per heavy atom. The van der Waals surface area contributed by atoms with Crippen molar-refractivity contribution in [3.63, 3.8) is 0 Å². The van der Waals surface area contributed by atoms with Crippen molar-refractivity contribution in [1.29, 1.82) is 0 Å². The Bertz CT molecular complexity index is 797. The van der Waals surface area contributed by atoms with Crippen LogP contribution in [-0.2, 0) is 9.53 Å². The van der Waals surface area contributed by atoms with E-state index in [0.717, 1.165) is 48.7 Å². The lowest BCUT2D eigenvalue weighted by Gasteiger charge is -2.28. The smallest absolute Gasteiger partial charge is 0.237 e. The van der Waals surface area contributed by atoms with Gasteiger partial charge in [0, 0.05) is 30.5 Å². The molecule has 8 heteroatoms. The van der Waals surface area contributed by atoms with E-state index in [1.165, 1.54) is 24.6 Å². The SMILES string of the molecule is Cc1nnc(S[C@@H](C)C(=O)Nc2ccc(N3CCOCC3)cc2)n1C1CC1. The van der Waals surface area contributed by atoms with Gasteiger partial charge in [0.2, 0.25) is 5.91 Å². The van der Waals surface area contributed by atoms with E-state index in [9.17, 15) is 4.79 Å². The van der Waals surface area contributed by atoms with Crippen LogP contribution in [0.5, 0.6) is 0 Å². The van der Waals surface area contributed by atoms with Crippen LogP contribution in [0.1, 0.15) is 31.6 Å². The van der Waals surface area contributed by atoms with Crippen molar-refractivity contribution >= 4 is 29.0 Å². The van der Waals surface area contributed by atoms with Gasteiger partial charge in [0.25, 0.3) is 0 Å². The zero-order valence-corrected chi connectivity index (χ0v) is 16.5. The van der Waals surface area contributed by atoms with Gasteiger partial charge in [-0.3, -0.25) is 4.79 Å². The maximum Gasteiger partial charge on any atom is 0.237 e. The van der Waals surface area contributed by atoms with E-state index in [-0.39, 0.29) is 11.2 Å². The molecule has 1 aliphatic heterocycles. The molecule has 7 nitrogen and oxygen atoms in total. The van der Waals surface area contributed by atoms with Gasteiger partial charge in [-0.25, -0.2) is 0 Å². The topological polar surface area (TPSA) is 72.3 Å². The Balaban J connectivity index is 1.35. The van der Waals surface area contributed by atoms with Gasteiger partial charge in [-0.05, 0) is 51.0 Å². The number of carbonyl (C=O) groups is 1. The summed E-state index contributed by atoms with van der Waals surface area (Å²) in [5.74, 6) is 0.897. The minimum atomic E-state index is -0.245. The number of aromatic nitrogens is 3. The van der Waals surface area contributed by atoms with Crippen molar-refractivity contribution in [2.45, 2.75) is 43.1 Å². The highest BCUT2D eigenvalue weighted by molar-refractivity contribution is 8.00. The maximum absolute atomic E-state index is 12.6. The predicted octanol–water partition coefficient (Wildman–Crippen LogP) is 2.88. The number of ether oxygens (including phenoxy) is 1. The summed E-state index contributed by atoms with van der Waals surface area (Å²) in [5, 5.41) is 12.0. The monoisotopic (exact) mass is 387 g/mol. The molecule has 1 amide bonds. The maximum atomic E-state index is 12.6. The highest BCUT2D eigenvalue weighted by Gasteiger charge is 2.29. The molecule has 0 bridgehead atoms. The first-order valence-electron chi connectivity index (χ1n) is 9.43. The van der Waals surface area contributed by atoms with Crippen molar-refractivity contribution in [3.05, 3.63) is 30.1 Å². The minimum absolute atomic E-state index is 0.0258. The van der Waals surface area contributed by atoms with E-state index >= 15 is 0 Å². The zero-order chi connectivity index (χ0) is 18.8. The summed E-state index contributed by atoms with van der Waals surface area (Å²) in [6, 6.07) is 8.51. The van der Waals surface area contributed by atoms with Gasteiger partial charge in [0.1, 0.15) is 5.82 Å². The summed E-state index contributed by atoms with van der Waals surface area (Å²) < 4.78 is 7.55. The fourth-order valence-corrected chi connectivity index (χ4v) is 4.18. The molecule has 1 saturated carbocycles. The Morgan fingerprint density at radius 2 is 1.93 bits per heavy atom. The van der Waals surface area contributed by atoms with Crippen LogP contribution in [0.3, 0.4) is 0 Å². The molecule has 2 heterocycles. The third kappa shape index (κ3) is 4.27. The number of thioether (sulfide) groups is 1. The first-order chi connectivity index (χ1) is 13.1. The number of amides is 1. The van der Waals surface area contributed by atoms with Gasteiger partial charge in [0.15, 0.2) is 5.16 Å². The molecule has 27 heavy (non-hydrogen) atoms. The fourth-order valence-electron chi connectivity index (χ4n) is 3.22. The number of carbonyl (C=O) groups excluding carboxylic acids is 1. The molecule has 1 saturated heterocycles. The second-order valence-corrected chi connectivity index (χ2v) is 8.33. The number of aryl methyl sites for hydroxylation is 1. The van der Waals surface area contributed by atoms with E-state index < -0.39 is 0 Å². The Kier molecular flexibility index (Phi) is 5.36. The second kappa shape index (κ2) is 7.90. The first-order valence-corrected chi connectivity index (χ1v) is 10.3. The van der Waals surface area contributed by atoms with Crippen LogP contribution in [0.15, 0.2) is 29.4 Å². The molecular formula is C19H25N5O2S. The average molecular weight is 388 g/mol. The van der Waals surface area contributed by atoms with E-state index in [1.807, 2.05) is 38.1 Å². The number of nitrogens with zero attached hydrogens (tertiary/aromatic N) is 4. The molecule has 1 aliphatic carbocycles. The Morgan fingerprint density at radius 3 is 2.59 bits per heavy atom. The molecule has 144 valence electrons. The second-order valence-electron chi connectivity index (χ2n) is 7.03. The number of benzene rings is 1. The molecule has 0 radical (unpaired) electrons. The van der Waals surface area contributed by atoms with E-state index in [4.69, 9.17) is 4.74 Å². The molecule has 1 aromatic carbocycles. The average Bonchev–Trinajstić information content (AvgIpc) is 3.46. The summed E-state index contributed by atoms with van der Waals surface area (Å²) in [4.78, 5) is 14.9. The number of hydrogen-bond donors (Lipinski definition) is 1. The van der Waals surface area contributed by atoms with Crippen LogP contribution in [0.4, 0.5) is 11.4 Å². The van der Waals surface area contributed by atoms with Gasteiger partial charge in [-0.1, -0.05) is 11.8 Å². The van der Waals surface area contributed by atoms with Crippen molar-refractivity contribution in [3.8, 4) is 0 Å². The lowest BCUT2D eigenvalue weighted by Crippen LogP contribution is -2.36. The number of hydrogen-bond acceptors (Lipinski definition) is 6. The van der Waals surface area contributed by atoms with Crippen LogP contribution < -0.4 is 10.2 Å². The molecule has 2 fully saturated rings. The van der Waals surface area contributed by atoms with Gasteiger partial charge >= 0.3 is 0 Å². The normalized spacial score (nSPS) is 18.4. The molecule has 1 atom stereocenters. The molecule has 4 rings (SSSR count). The Hall–Kier alpha value is -2.06. The lowest BCUT2D eigenvalue weighted by molar-refractivity contribution is -0.115. The number of anilines is 2. The summed E-state index contributed by atoms with van der Waals surface area (Å²) in [6.45, 7) is 7.21. The van der Waals surface area contributed by atoms with Gasteiger partial charge in [0.05, 0.1) is 18.5 Å². The van der Waals surface area contributed by atoms with Gasteiger partial charge in [-0.2, -0.15) is 0 Å². The van der Waals surface area contributed by atoms with E-state index in [0.29, 0.717) is 6.04 Å². The number of nitrogens with one attached hydrogen (secondary N) is 1. The van der Waals surface area contributed by atoms with Crippen LogP contribution in [0.25, 0.3) is 0 Å². The molecule has 1 N–H and O–H groups in total. The van der Waals surface area contributed by atoms with Crippen LogP contribution >= 0.6 is 11.8 Å². The summed E-state index contributed by atoms with van der Waals surface area (Å²) in [7, 11) is 0. The summed E-state index contributed by atoms with van der Waals surface area (Å²) >= 11 is 1.47. The zero-order valence-electron chi connectivity index (χ0n) is 15.7. The lowest BCUT2D eigenvalue weighted by atomic mass is 10.2. The predicted molar refractivity (Wildman–Crippen MR) is 106 cm³/mol. The summed E-state index contributed by atoms with van der Waals surface area (Å²) in [5.41, 5.74) is 1.97. The molecule has 0 unspecified atom stereocenters. The Labute approximate surface area is 163 Å². The number of rotatable bonds is 6. The highest BCUT2D eigenvalue weighted by atomic mass is 32.2. The molecule has 2 aromatic rings. The van der Waals surface area contributed by atoms with Crippen molar-refractivity contribution in [2.75, 3.05) is 36.5 Å². The third-order valence-corrected chi connectivity index (χ3v) is 5.97. The largest absolute Gasteiger partial charge is 0.378 e.